The largest absolute Gasteiger partial charge is 0.493 e. The van der Waals surface area contributed by atoms with Crippen molar-refractivity contribution < 1.29 is 28.2 Å². The highest BCUT2D eigenvalue weighted by molar-refractivity contribution is 8.18. The molecule has 2 amide bonds. The van der Waals surface area contributed by atoms with E-state index in [2.05, 4.69) is 0 Å². The van der Waals surface area contributed by atoms with E-state index < -0.39 is 22.9 Å². The van der Waals surface area contributed by atoms with Gasteiger partial charge in [-0.2, -0.15) is 0 Å². The van der Waals surface area contributed by atoms with E-state index in [1.807, 2.05) is 30.3 Å². The van der Waals surface area contributed by atoms with Crippen molar-refractivity contribution in [3.8, 4) is 11.5 Å². The molecule has 1 aliphatic heterocycles. The molecule has 0 aliphatic carbocycles. The van der Waals surface area contributed by atoms with Crippen LogP contribution in [0.3, 0.4) is 0 Å². The Morgan fingerprint density at radius 1 is 1.00 bits per heavy atom. The van der Waals surface area contributed by atoms with E-state index in [9.17, 15) is 18.8 Å². The zero-order valence-corrected chi connectivity index (χ0v) is 21.5. The van der Waals surface area contributed by atoms with Crippen molar-refractivity contribution in [2.45, 2.75) is 6.54 Å². The fraction of sp³-hybridized carbons (Fsp3) is 0.0690. The maximum Gasteiger partial charge on any atom is 0.344 e. The number of thioether (sulfide) groups is 1. The lowest BCUT2D eigenvalue weighted by atomic mass is 10.0. The molecule has 0 spiro atoms. The average Bonchev–Trinajstić information content (AvgIpc) is 3.18. The zero-order chi connectivity index (χ0) is 26.8. The number of fused-ring (bicyclic) bond motifs is 1. The third kappa shape index (κ3) is 5.01. The molecule has 6 nitrogen and oxygen atoms in total. The molecule has 4 aromatic rings. The summed E-state index contributed by atoms with van der Waals surface area (Å²) in [6.07, 6.45) is 1.52. The summed E-state index contributed by atoms with van der Waals surface area (Å²) in [5, 5.41) is 1.28. The van der Waals surface area contributed by atoms with E-state index in [4.69, 9.17) is 21.1 Å². The standard InChI is InChI=1S/C29H19ClFNO5S/c1-36-25-14-17(12-13-24(25)37-28(34)20-9-4-7-18-6-2-3-8-19(18)20)15-26-27(33)32(29(35)38-26)16-21-22(30)10-5-11-23(21)31/h2-15H,16H2,1H3/b26-15-. The predicted molar refractivity (Wildman–Crippen MR) is 145 cm³/mol. The van der Waals surface area contributed by atoms with E-state index in [0.29, 0.717) is 11.1 Å². The fourth-order valence-corrected chi connectivity index (χ4v) is 5.11. The number of carbonyl (C=O) groups is 3. The lowest BCUT2D eigenvalue weighted by Gasteiger charge is -2.14. The van der Waals surface area contributed by atoms with E-state index in [-0.39, 0.29) is 33.5 Å². The van der Waals surface area contributed by atoms with Crippen molar-refractivity contribution >= 4 is 57.3 Å². The Kier molecular flexibility index (Phi) is 7.18. The molecule has 9 heteroatoms. The van der Waals surface area contributed by atoms with Gasteiger partial charge in [0.1, 0.15) is 5.82 Å². The van der Waals surface area contributed by atoms with Crippen LogP contribution >= 0.6 is 23.4 Å². The summed E-state index contributed by atoms with van der Waals surface area (Å²) < 4.78 is 25.2. The van der Waals surface area contributed by atoms with Crippen LogP contribution in [-0.2, 0) is 11.3 Å². The first-order chi connectivity index (χ1) is 18.4. The molecule has 0 saturated carbocycles. The van der Waals surface area contributed by atoms with Gasteiger partial charge in [0.2, 0.25) is 0 Å². The van der Waals surface area contributed by atoms with Gasteiger partial charge in [0.05, 0.1) is 24.1 Å². The van der Waals surface area contributed by atoms with Crippen molar-refractivity contribution in [3.63, 3.8) is 0 Å². The summed E-state index contributed by atoms with van der Waals surface area (Å²) in [7, 11) is 1.43. The van der Waals surface area contributed by atoms with Gasteiger partial charge >= 0.3 is 5.97 Å². The number of imide groups is 1. The summed E-state index contributed by atoms with van der Waals surface area (Å²) in [5.74, 6) is -1.24. The minimum atomic E-state index is -0.598. The molecule has 0 aromatic heterocycles. The van der Waals surface area contributed by atoms with Gasteiger partial charge in [-0.1, -0.05) is 60.1 Å². The van der Waals surface area contributed by atoms with Crippen LogP contribution in [0.4, 0.5) is 9.18 Å². The van der Waals surface area contributed by atoms with Crippen molar-refractivity contribution in [3.05, 3.63) is 111 Å². The molecule has 1 saturated heterocycles. The minimum absolute atomic E-state index is 0.0664. The van der Waals surface area contributed by atoms with E-state index in [0.717, 1.165) is 27.4 Å². The molecule has 190 valence electrons. The summed E-state index contributed by atoms with van der Waals surface area (Å²) >= 11 is 6.80. The minimum Gasteiger partial charge on any atom is -0.493 e. The van der Waals surface area contributed by atoms with Crippen LogP contribution in [0, 0.1) is 5.82 Å². The molecular formula is C29H19ClFNO5S. The van der Waals surface area contributed by atoms with Crippen LogP contribution in [0.1, 0.15) is 21.5 Å². The second-order valence-corrected chi connectivity index (χ2v) is 9.69. The van der Waals surface area contributed by atoms with Gasteiger partial charge in [0, 0.05) is 10.6 Å². The highest BCUT2D eigenvalue weighted by atomic mass is 35.5. The SMILES string of the molecule is COc1cc(/C=C2\SC(=O)N(Cc3c(F)cccc3Cl)C2=O)ccc1OC(=O)c1cccc2ccccc12. The monoisotopic (exact) mass is 547 g/mol. The molecule has 0 bridgehead atoms. The molecule has 1 aliphatic rings. The average molecular weight is 548 g/mol. The lowest BCUT2D eigenvalue weighted by Crippen LogP contribution is -2.28. The van der Waals surface area contributed by atoms with Crippen LogP contribution in [0.5, 0.6) is 11.5 Å². The smallest absolute Gasteiger partial charge is 0.344 e. The highest BCUT2D eigenvalue weighted by Gasteiger charge is 2.36. The number of rotatable bonds is 6. The number of methoxy groups -OCH3 is 1. The van der Waals surface area contributed by atoms with Crippen molar-refractivity contribution in [1.82, 2.24) is 4.90 Å². The number of esters is 1. The quantitative estimate of drug-likeness (QED) is 0.146. The van der Waals surface area contributed by atoms with Crippen LogP contribution < -0.4 is 9.47 Å². The number of hydrogen-bond donors (Lipinski definition) is 0. The van der Waals surface area contributed by atoms with Gasteiger partial charge in [-0.05, 0) is 64.5 Å². The number of benzene rings is 4. The number of carbonyl (C=O) groups excluding carboxylic acids is 3. The molecule has 0 unspecified atom stereocenters. The third-order valence-electron chi connectivity index (χ3n) is 5.95. The summed E-state index contributed by atoms with van der Waals surface area (Å²) in [5.41, 5.74) is 1.02. The second kappa shape index (κ2) is 10.7. The van der Waals surface area contributed by atoms with Gasteiger partial charge in [0.15, 0.2) is 11.5 Å². The molecule has 5 rings (SSSR count). The first kappa shape index (κ1) is 25.5. The first-order valence-electron chi connectivity index (χ1n) is 11.4. The normalized spacial score (nSPS) is 14.4. The number of amides is 2. The number of halogens is 2. The highest BCUT2D eigenvalue weighted by Crippen LogP contribution is 2.36. The van der Waals surface area contributed by atoms with Crippen molar-refractivity contribution in [2.24, 2.45) is 0 Å². The Labute approximate surface area is 226 Å². The first-order valence-corrected chi connectivity index (χ1v) is 12.6. The Hall–Kier alpha value is -4.14. The van der Waals surface area contributed by atoms with Crippen LogP contribution in [0.25, 0.3) is 16.8 Å². The van der Waals surface area contributed by atoms with Crippen LogP contribution in [0.15, 0.2) is 83.8 Å². The fourth-order valence-electron chi connectivity index (χ4n) is 4.05. The Bertz CT molecular complexity index is 1610. The third-order valence-corrected chi connectivity index (χ3v) is 7.21. The summed E-state index contributed by atoms with van der Waals surface area (Å²) in [4.78, 5) is 39.5. The maximum atomic E-state index is 14.2. The van der Waals surface area contributed by atoms with E-state index in [1.54, 1.807) is 30.3 Å². The maximum absolute atomic E-state index is 14.2. The van der Waals surface area contributed by atoms with Gasteiger partial charge in [-0.25, -0.2) is 9.18 Å². The zero-order valence-electron chi connectivity index (χ0n) is 19.9. The number of ether oxygens (including phenoxy) is 2. The molecular weight excluding hydrogens is 529 g/mol. The van der Waals surface area contributed by atoms with E-state index in [1.165, 1.54) is 31.4 Å². The number of nitrogens with zero attached hydrogens (tertiary/aromatic N) is 1. The Morgan fingerprint density at radius 3 is 2.55 bits per heavy atom. The Morgan fingerprint density at radius 2 is 1.76 bits per heavy atom. The summed E-state index contributed by atoms with van der Waals surface area (Å²) in [6.45, 7) is -0.278. The summed E-state index contributed by atoms with van der Waals surface area (Å²) in [6, 6.07) is 21.8. The topological polar surface area (TPSA) is 72.9 Å². The molecule has 4 aromatic carbocycles. The van der Waals surface area contributed by atoms with E-state index >= 15 is 0 Å². The van der Waals surface area contributed by atoms with Gasteiger partial charge in [0.25, 0.3) is 11.1 Å². The van der Waals surface area contributed by atoms with Crippen LogP contribution in [-0.4, -0.2) is 29.1 Å². The van der Waals surface area contributed by atoms with Crippen molar-refractivity contribution in [1.29, 1.82) is 0 Å². The van der Waals surface area contributed by atoms with Gasteiger partial charge < -0.3 is 9.47 Å². The number of hydrogen-bond acceptors (Lipinski definition) is 6. The van der Waals surface area contributed by atoms with Gasteiger partial charge in [-0.3, -0.25) is 14.5 Å². The molecule has 1 heterocycles. The molecule has 38 heavy (non-hydrogen) atoms. The molecule has 1 fully saturated rings. The van der Waals surface area contributed by atoms with Crippen LogP contribution in [0.2, 0.25) is 5.02 Å². The molecule has 0 N–H and O–H groups in total. The molecule has 0 atom stereocenters. The molecule has 0 radical (unpaired) electrons. The second-order valence-electron chi connectivity index (χ2n) is 8.29. The Balaban J connectivity index is 1.37. The lowest BCUT2D eigenvalue weighted by molar-refractivity contribution is -0.123. The van der Waals surface area contributed by atoms with Crippen molar-refractivity contribution in [2.75, 3.05) is 7.11 Å². The predicted octanol–water partition coefficient (Wildman–Crippen LogP) is 7.10. The van der Waals surface area contributed by atoms with Gasteiger partial charge in [-0.15, -0.1) is 0 Å².